The zero-order valence-electron chi connectivity index (χ0n) is 18.1. The van der Waals surface area contributed by atoms with Crippen LogP contribution in [0.15, 0.2) is 23.2 Å². The highest BCUT2D eigenvalue weighted by atomic mass is 127. The van der Waals surface area contributed by atoms with Crippen molar-refractivity contribution in [3.8, 4) is 5.75 Å². The lowest BCUT2D eigenvalue weighted by atomic mass is 10.1. The second-order valence-corrected chi connectivity index (χ2v) is 10.2. The molecule has 1 atom stereocenters. The largest absolute Gasteiger partial charge is 0.490 e. The summed E-state index contributed by atoms with van der Waals surface area (Å²) < 4.78 is 28.9. The van der Waals surface area contributed by atoms with E-state index in [9.17, 15) is 8.42 Å². The second-order valence-electron chi connectivity index (χ2n) is 7.53. The number of benzene rings is 1. The van der Waals surface area contributed by atoms with Gasteiger partial charge in [0.15, 0.2) is 15.8 Å². The summed E-state index contributed by atoms with van der Waals surface area (Å²) in [5, 5.41) is 6.30. The summed E-state index contributed by atoms with van der Waals surface area (Å²) in [6.45, 7) is 13.0. The molecule has 2 N–H and O–H groups in total. The Kier molecular flexibility index (Phi) is 11.4. The molecule has 0 aliphatic heterocycles. The summed E-state index contributed by atoms with van der Waals surface area (Å²) in [6, 6.07) is 6.10. The Morgan fingerprint density at radius 1 is 1.25 bits per heavy atom. The predicted molar refractivity (Wildman–Crippen MR) is 129 cm³/mol. The summed E-state index contributed by atoms with van der Waals surface area (Å²) in [7, 11) is -3.17. The first-order valence-electron chi connectivity index (χ1n) is 9.48. The standard InChI is InChI=1S/C20H35N3O3S.HI/c1-8-16(4)26-18-12-15(3)10-11-17(18)13-22-19(21-9-2)23-14-20(5,6)27(7,24)25;/h10-12,16H,8-9,13-14H2,1-7H3,(H2,21,22,23);1H. The van der Waals surface area contributed by atoms with Crippen molar-refractivity contribution in [3.05, 3.63) is 29.3 Å². The maximum atomic E-state index is 11.9. The summed E-state index contributed by atoms with van der Waals surface area (Å²) in [6.07, 6.45) is 2.32. The van der Waals surface area contributed by atoms with Crippen molar-refractivity contribution in [1.82, 2.24) is 10.6 Å². The minimum atomic E-state index is -3.17. The highest BCUT2D eigenvalue weighted by Gasteiger charge is 2.30. The third-order valence-electron chi connectivity index (χ3n) is 4.56. The number of aryl methyl sites for hydroxylation is 1. The topological polar surface area (TPSA) is 79.8 Å². The molecule has 1 rings (SSSR count). The molecule has 0 aliphatic carbocycles. The van der Waals surface area contributed by atoms with E-state index in [-0.39, 0.29) is 36.6 Å². The van der Waals surface area contributed by atoms with Gasteiger partial charge in [-0.2, -0.15) is 0 Å². The van der Waals surface area contributed by atoms with E-state index in [2.05, 4.69) is 22.5 Å². The smallest absolute Gasteiger partial charge is 0.191 e. The van der Waals surface area contributed by atoms with Crippen LogP contribution in [-0.4, -0.2) is 44.6 Å². The Morgan fingerprint density at radius 3 is 2.43 bits per heavy atom. The average molecular weight is 525 g/mol. The SMILES string of the molecule is CCNC(=NCc1ccc(C)cc1OC(C)CC)NCC(C)(C)S(C)(=O)=O.I. The van der Waals surface area contributed by atoms with E-state index >= 15 is 0 Å². The Bertz CT molecular complexity index is 749. The molecule has 1 unspecified atom stereocenters. The number of ether oxygens (including phenoxy) is 1. The molecule has 0 saturated carbocycles. The van der Waals surface area contributed by atoms with Gasteiger partial charge in [0.1, 0.15) is 5.75 Å². The maximum absolute atomic E-state index is 11.9. The van der Waals surface area contributed by atoms with Crippen LogP contribution in [0.2, 0.25) is 0 Å². The molecule has 0 saturated heterocycles. The first-order chi connectivity index (χ1) is 12.5. The summed E-state index contributed by atoms with van der Waals surface area (Å²) in [5.41, 5.74) is 2.14. The molecule has 0 heterocycles. The minimum Gasteiger partial charge on any atom is -0.490 e. The number of nitrogens with one attached hydrogen (secondary N) is 2. The van der Waals surface area contributed by atoms with E-state index in [1.807, 2.05) is 39.0 Å². The van der Waals surface area contributed by atoms with Gasteiger partial charge in [-0.3, -0.25) is 0 Å². The number of hydrogen-bond acceptors (Lipinski definition) is 4. The number of sulfone groups is 1. The van der Waals surface area contributed by atoms with Gasteiger partial charge in [-0.25, -0.2) is 13.4 Å². The lowest BCUT2D eigenvalue weighted by molar-refractivity contribution is 0.215. The molecule has 0 fully saturated rings. The van der Waals surface area contributed by atoms with E-state index in [4.69, 9.17) is 4.74 Å². The van der Waals surface area contributed by atoms with E-state index in [0.29, 0.717) is 19.0 Å². The quantitative estimate of drug-likeness (QED) is 0.292. The Balaban J connectivity index is 0.00000729. The second kappa shape index (κ2) is 11.8. The van der Waals surface area contributed by atoms with E-state index in [0.717, 1.165) is 23.3 Å². The van der Waals surface area contributed by atoms with Crippen LogP contribution in [0.5, 0.6) is 5.75 Å². The molecule has 1 aromatic carbocycles. The molecule has 0 aromatic heterocycles. The van der Waals surface area contributed by atoms with Crippen LogP contribution in [-0.2, 0) is 16.4 Å². The van der Waals surface area contributed by atoms with Crippen molar-refractivity contribution in [2.75, 3.05) is 19.3 Å². The van der Waals surface area contributed by atoms with E-state index in [1.54, 1.807) is 13.8 Å². The van der Waals surface area contributed by atoms with Gasteiger partial charge >= 0.3 is 0 Å². The number of aliphatic imine (C=N–C) groups is 1. The van der Waals surface area contributed by atoms with Gasteiger partial charge < -0.3 is 15.4 Å². The van der Waals surface area contributed by atoms with Crippen LogP contribution in [0.3, 0.4) is 0 Å². The van der Waals surface area contributed by atoms with Crippen molar-refractivity contribution >= 4 is 39.8 Å². The molecule has 0 aliphatic rings. The zero-order chi connectivity index (χ0) is 20.7. The van der Waals surface area contributed by atoms with E-state index in [1.165, 1.54) is 6.26 Å². The summed E-state index contributed by atoms with van der Waals surface area (Å²) in [4.78, 5) is 4.61. The number of halogens is 1. The number of nitrogens with zero attached hydrogens (tertiary/aromatic N) is 1. The fraction of sp³-hybridized carbons (Fsp3) is 0.650. The highest BCUT2D eigenvalue weighted by Crippen LogP contribution is 2.23. The molecule has 28 heavy (non-hydrogen) atoms. The fourth-order valence-electron chi connectivity index (χ4n) is 2.14. The lowest BCUT2D eigenvalue weighted by Gasteiger charge is -2.24. The summed E-state index contributed by atoms with van der Waals surface area (Å²) >= 11 is 0. The van der Waals surface area contributed by atoms with Crippen LogP contribution < -0.4 is 15.4 Å². The van der Waals surface area contributed by atoms with Crippen molar-refractivity contribution in [2.24, 2.45) is 4.99 Å². The molecule has 0 spiro atoms. The monoisotopic (exact) mass is 525 g/mol. The van der Waals surface area contributed by atoms with Gasteiger partial charge in [-0.1, -0.05) is 19.1 Å². The van der Waals surface area contributed by atoms with Crippen LogP contribution in [0, 0.1) is 6.92 Å². The Morgan fingerprint density at radius 2 is 1.89 bits per heavy atom. The van der Waals surface area contributed by atoms with Crippen molar-refractivity contribution in [3.63, 3.8) is 0 Å². The van der Waals surface area contributed by atoms with Crippen molar-refractivity contribution < 1.29 is 13.2 Å². The van der Waals surface area contributed by atoms with Gasteiger partial charge in [-0.05, 0) is 52.7 Å². The number of hydrogen-bond donors (Lipinski definition) is 2. The van der Waals surface area contributed by atoms with E-state index < -0.39 is 14.6 Å². The number of guanidine groups is 1. The zero-order valence-corrected chi connectivity index (χ0v) is 21.3. The molecule has 162 valence electrons. The van der Waals surface area contributed by atoms with Gasteiger partial charge in [0.05, 0.1) is 17.4 Å². The van der Waals surface area contributed by atoms with Gasteiger partial charge in [0.2, 0.25) is 0 Å². The first-order valence-corrected chi connectivity index (χ1v) is 11.4. The molecular weight excluding hydrogens is 489 g/mol. The molecule has 6 nitrogen and oxygen atoms in total. The highest BCUT2D eigenvalue weighted by molar-refractivity contribution is 14.0. The van der Waals surface area contributed by atoms with Gasteiger partial charge in [-0.15, -0.1) is 24.0 Å². The average Bonchev–Trinajstić information content (AvgIpc) is 2.57. The van der Waals surface area contributed by atoms with Crippen LogP contribution in [0.4, 0.5) is 0 Å². The van der Waals surface area contributed by atoms with Crippen LogP contribution >= 0.6 is 24.0 Å². The third-order valence-corrected chi connectivity index (χ3v) is 6.71. The maximum Gasteiger partial charge on any atom is 0.191 e. The molecular formula is C20H36IN3O3S. The third kappa shape index (κ3) is 8.55. The molecule has 1 aromatic rings. The van der Waals surface area contributed by atoms with Gasteiger partial charge in [0.25, 0.3) is 0 Å². The first kappa shape index (κ1) is 27.0. The Labute approximate surface area is 187 Å². The Hall–Kier alpha value is -1.03. The molecule has 0 bridgehead atoms. The van der Waals surface area contributed by atoms with Gasteiger partial charge in [0, 0.05) is 24.9 Å². The normalized spacial score (nSPS) is 13.5. The molecule has 8 heteroatoms. The minimum absolute atomic E-state index is 0. The lowest BCUT2D eigenvalue weighted by Crippen LogP contribution is -2.47. The molecule has 0 amide bonds. The number of rotatable bonds is 9. The fourth-order valence-corrected chi connectivity index (χ4v) is 2.47. The van der Waals surface area contributed by atoms with Crippen LogP contribution in [0.25, 0.3) is 0 Å². The summed E-state index contributed by atoms with van der Waals surface area (Å²) in [5.74, 6) is 1.43. The van der Waals surface area contributed by atoms with Crippen molar-refractivity contribution in [2.45, 2.75) is 65.4 Å². The van der Waals surface area contributed by atoms with Crippen LogP contribution in [0.1, 0.15) is 52.2 Å². The molecule has 0 radical (unpaired) electrons. The predicted octanol–water partition coefficient (Wildman–Crippen LogP) is 3.67. The van der Waals surface area contributed by atoms with Crippen molar-refractivity contribution in [1.29, 1.82) is 0 Å².